The first-order valence-electron chi connectivity index (χ1n) is 7.12. The van der Waals surface area contributed by atoms with E-state index in [2.05, 4.69) is 14.9 Å². The Hall–Kier alpha value is -1.73. The molecule has 2 N–H and O–H groups in total. The van der Waals surface area contributed by atoms with Gasteiger partial charge in [0.25, 0.3) is 0 Å². The second kappa shape index (κ2) is 5.95. The number of hydrogen-bond donors (Lipinski definition) is 1. The summed E-state index contributed by atoms with van der Waals surface area (Å²) in [6, 6.07) is 2.01. The fourth-order valence-corrected chi connectivity index (χ4v) is 3.41. The number of aromatic nitrogens is 2. The minimum atomic E-state index is -0.0976. The van der Waals surface area contributed by atoms with Gasteiger partial charge in [-0.15, -0.1) is 11.3 Å². The monoisotopic (exact) mass is 305 g/mol. The summed E-state index contributed by atoms with van der Waals surface area (Å²) in [6.07, 6.45) is 1.61. The van der Waals surface area contributed by atoms with E-state index in [0.29, 0.717) is 6.54 Å². The van der Waals surface area contributed by atoms with Gasteiger partial charge in [-0.05, 0) is 11.4 Å². The first kappa shape index (κ1) is 14.2. The lowest BCUT2D eigenvalue weighted by Gasteiger charge is -2.36. The first-order valence-corrected chi connectivity index (χ1v) is 8.00. The fraction of sp³-hybridized carbons (Fsp3) is 0.500. The van der Waals surface area contributed by atoms with Crippen molar-refractivity contribution in [1.82, 2.24) is 14.9 Å². The highest BCUT2D eigenvalue weighted by Gasteiger charge is 2.25. The summed E-state index contributed by atoms with van der Waals surface area (Å²) in [5, 5.41) is 2.03. The molecule has 1 atom stereocenters. The molecule has 0 spiro atoms. The lowest BCUT2D eigenvalue weighted by molar-refractivity contribution is -0.134. The molecule has 21 heavy (non-hydrogen) atoms. The molecule has 7 heteroatoms. The number of piperazine rings is 1. The molecule has 0 bridgehead atoms. The van der Waals surface area contributed by atoms with E-state index in [1.165, 1.54) is 0 Å². The van der Waals surface area contributed by atoms with Crippen molar-refractivity contribution < 1.29 is 4.79 Å². The van der Waals surface area contributed by atoms with Crippen molar-refractivity contribution >= 4 is 33.3 Å². The number of carbonyl (C=O) groups is 1. The molecule has 0 aliphatic carbocycles. The average Bonchev–Trinajstić information content (AvgIpc) is 3.02. The van der Waals surface area contributed by atoms with Crippen LogP contribution in [0, 0.1) is 5.92 Å². The highest BCUT2D eigenvalue weighted by molar-refractivity contribution is 7.17. The van der Waals surface area contributed by atoms with Gasteiger partial charge in [0, 0.05) is 38.6 Å². The molecule has 0 saturated carbocycles. The van der Waals surface area contributed by atoms with Crippen molar-refractivity contribution in [3.8, 4) is 0 Å². The van der Waals surface area contributed by atoms with E-state index in [1.54, 1.807) is 17.7 Å². The molecule has 0 aromatic carbocycles. The van der Waals surface area contributed by atoms with Crippen LogP contribution in [0.2, 0.25) is 0 Å². The fourth-order valence-electron chi connectivity index (χ4n) is 2.55. The van der Waals surface area contributed by atoms with Gasteiger partial charge in [0.1, 0.15) is 12.1 Å². The molecule has 1 amide bonds. The van der Waals surface area contributed by atoms with Crippen LogP contribution < -0.4 is 10.6 Å². The maximum Gasteiger partial charge on any atom is 0.226 e. The zero-order valence-electron chi connectivity index (χ0n) is 12.0. The van der Waals surface area contributed by atoms with Gasteiger partial charge in [-0.25, -0.2) is 9.97 Å². The molecule has 2 aromatic heterocycles. The Bertz CT molecular complexity index is 635. The number of thiophene rings is 1. The van der Waals surface area contributed by atoms with E-state index in [4.69, 9.17) is 5.73 Å². The second-order valence-corrected chi connectivity index (χ2v) is 6.20. The Morgan fingerprint density at radius 1 is 1.38 bits per heavy atom. The van der Waals surface area contributed by atoms with Crippen molar-refractivity contribution in [3.63, 3.8) is 0 Å². The molecule has 3 heterocycles. The van der Waals surface area contributed by atoms with E-state index in [0.717, 1.165) is 42.2 Å². The Morgan fingerprint density at radius 3 is 2.86 bits per heavy atom. The molecule has 0 radical (unpaired) electrons. The van der Waals surface area contributed by atoms with Gasteiger partial charge in [-0.1, -0.05) is 6.92 Å². The van der Waals surface area contributed by atoms with Crippen LogP contribution in [0.4, 0.5) is 5.82 Å². The largest absolute Gasteiger partial charge is 0.352 e. The van der Waals surface area contributed by atoms with Gasteiger partial charge in [0.05, 0.1) is 10.2 Å². The summed E-state index contributed by atoms with van der Waals surface area (Å²) in [7, 11) is 0. The predicted octanol–water partition coefficient (Wildman–Crippen LogP) is 0.935. The molecule has 1 aliphatic heterocycles. The zero-order chi connectivity index (χ0) is 14.8. The van der Waals surface area contributed by atoms with Crippen LogP contribution >= 0.6 is 11.3 Å². The van der Waals surface area contributed by atoms with Gasteiger partial charge in [-0.2, -0.15) is 0 Å². The van der Waals surface area contributed by atoms with Gasteiger partial charge < -0.3 is 15.5 Å². The minimum Gasteiger partial charge on any atom is -0.352 e. The Morgan fingerprint density at radius 2 is 2.14 bits per heavy atom. The molecular formula is C14H19N5OS. The predicted molar refractivity (Wildman–Crippen MR) is 84.4 cm³/mol. The maximum atomic E-state index is 12.1. The molecule has 1 unspecified atom stereocenters. The summed E-state index contributed by atoms with van der Waals surface area (Å²) in [5.41, 5.74) is 6.56. The Kier molecular flexibility index (Phi) is 4.03. The van der Waals surface area contributed by atoms with Gasteiger partial charge in [-0.3, -0.25) is 4.79 Å². The zero-order valence-corrected chi connectivity index (χ0v) is 12.8. The number of nitrogens with zero attached hydrogens (tertiary/aromatic N) is 4. The minimum absolute atomic E-state index is 0.0976. The van der Waals surface area contributed by atoms with Crippen molar-refractivity contribution in [1.29, 1.82) is 0 Å². The topological polar surface area (TPSA) is 75.4 Å². The van der Waals surface area contributed by atoms with Gasteiger partial charge in [0.15, 0.2) is 0 Å². The highest BCUT2D eigenvalue weighted by Crippen LogP contribution is 2.28. The van der Waals surface area contributed by atoms with Crippen LogP contribution in [0.3, 0.4) is 0 Å². The maximum absolute atomic E-state index is 12.1. The SMILES string of the molecule is CC(CN)C(=O)N1CCN(c2ncnc3ccsc23)CC1. The number of nitrogens with two attached hydrogens (primary N) is 1. The number of carbonyl (C=O) groups excluding carboxylic acids is 1. The van der Waals surface area contributed by atoms with E-state index in [9.17, 15) is 4.79 Å². The Balaban J connectivity index is 1.71. The summed E-state index contributed by atoms with van der Waals surface area (Å²) in [6.45, 7) is 5.33. The Labute approximate surface area is 127 Å². The van der Waals surface area contributed by atoms with E-state index in [1.807, 2.05) is 23.3 Å². The molecule has 2 aromatic rings. The number of anilines is 1. The average molecular weight is 305 g/mol. The van der Waals surface area contributed by atoms with Crippen LogP contribution in [0.5, 0.6) is 0 Å². The molecule has 1 fully saturated rings. The normalized spacial score (nSPS) is 17.2. The standard InChI is InChI=1S/C14H19N5OS/c1-10(8-15)14(20)19-5-3-18(4-6-19)13-12-11(2-7-21-12)16-9-17-13/h2,7,9-10H,3-6,8,15H2,1H3. The third kappa shape index (κ3) is 2.71. The van der Waals surface area contributed by atoms with Crippen molar-refractivity contribution in [3.05, 3.63) is 17.8 Å². The van der Waals surface area contributed by atoms with E-state index in [-0.39, 0.29) is 11.8 Å². The number of hydrogen-bond acceptors (Lipinski definition) is 6. The smallest absolute Gasteiger partial charge is 0.226 e. The first-order chi connectivity index (χ1) is 10.2. The molecule has 1 aliphatic rings. The van der Waals surface area contributed by atoms with Crippen LogP contribution in [0.1, 0.15) is 6.92 Å². The van der Waals surface area contributed by atoms with Crippen molar-refractivity contribution in [2.24, 2.45) is 11.7 Å². The lowest BCUT2D eigenvalue weighted by Crippen LogP contribution is -2.51. The number of fused-ring (bicyclic) bond motifs is 1. The molecule has 3 rings (SSSR count). The van der Waals surface area contributed by atoms with Gasteiger partial charge >= 0.3 is 0 Å². The van der Waals surface area contributed by atoms with Crippen molar-refractivity contribution in [2.45, 2.75) is 6.92 Å². The lowest BCUT2D eigenvalue weighted by atomic mass is 10.1. The quantitative estimate of drug-likeness (QED) is 0.913. The number of amides is 1. The van der Waals surface area contributed by atoms with Gasteiger partial charge in [0.2, 0.25) is 5.91 Å². The summed E-state index contributed by atoms with van der Waals surface area (Å²) < 4.78 is 1.12. The highest BCUT2D eigenvalue weighted by atomic mass is 32.1. The van der Waals surface area contributed by atoms with Crippen LogP contribution in [0.25, 0.3) is 10.2 Å². The molecular weight excluding hydrogens is 286 g/mol. The summed E-state index contributed by atoms with van der Waals surface area (Å²) >= 11 is 1.66. The number of rotatable bonds is 3. The van der Waals surface area contributed by atoms with Crippen LogP contribution in [-0.2, 0) is 4.79 Å². The molecule has 6 nitrogen and oxygen atoms in total. The third-order valence-electron chi connectivity index (χ3n) is 3.89. The van der Waals surface area contributed by atoms with Crippen LogP contribution in [-0.4, -0.2) is 53.5 Å². The summed E-state index contributed by atoms with van der Waals surface area (Å²) in [4.78, 5) is 25.0. The van der Waals surface area contributed by atoms with E-state index < -0.39 is 0 Å². The molecule has 112 valence electrons. The van der Waals surface area contributed by atoms with Crippen LogP contribution in [0.15, 0.2) is 17.8 Å². The third-order valence-corrected chi connectivity index (χ3v) is 4.79. The van der Waals surface area contributed by atoms with E-state index >= 15 is 0 Å². The second-order valence-electron chi connectivity index (χ2n) is 5.28. The molecule has 1 saturated heterocycles. The summed E-state index contributed by atoms with van der Waals surface area (Å²) in [5.74, 6) is 1.04. The van der Waals surface area contributed by atoms with Crippen molar-refractivity contribution in [2.75, 3.05) is 37.6 Å².